The Morgan fingerprint density at radius 3 is 2.77 bits per heavy atom. The molecule has 130 valence electrons. The third kappa shape index (κ3) is 3.35. The first kappa shape index (κ1) is 16.1. The molecular weight excluding hydrogens is 328 g/mol. The molecule has 1 amide bonds. The summed E-state index contributed by atoms with van der Waals surface area (Å²) in [6.45, 7) is 1.34. The van der Waals surface area contributed by atoms with Gasteiger partial charge in [0, 0.05) is 24.7 Å². The highest BCUT2D eigenvalue weighted by Crippen LogP contribution is 2.19. The molecule has 2 aromatic heterocycles. The van der Waals surface area contributed by atoms with Crippen molar-refractivity contribution in [2.45, 2.75) is 13.0 Å². The first-order valence-electron chi connectivity index (χ1n) is 8.51. The molecule has 1 N–H and O–H groups in total. The minimum atomic E-state index is -0.230. The van der Waals surface area contributed by atoms with Crippen LogP contribution in [0.1, 0.15) is 16.9 Å². The van der Waals surface area contributed by atoms with Crippen molar-refractivity contribution in [3.63, 3.8) is 0 Å². The van der Waals surface area contributed by atoms with Gasteiger partial charge in [-0.3, -0.25) is 4.79 Å². The van der Waals surface area contributed by atoms with E-state index in [4.69, 9.17) is 4.52 Å². The molecule has 2 aromatic carbocycles. The predicted molar refractivity (Wildman–Crippen MR) is 98.6 cm³/mol. The van der Waals surface area contributed by atoms with Gasteiger partial charge < -0.3 is 14.4 Å². The maximum absolute atomic E-state index is 12.2. The van der Waals surface area contributed by atoms with Crippen molar-refractivity contribution in [3.8, 4) is 11.3 Å². The fourth-order valence-corrected chi connectivity index (χ4v) is 2.85. The Hall–Kier alpha value is -3.41. The normalized spacial score (nSPS) is 10.9. The lowest BCUT2D eigenvalue weighted by Crippen LogP contribution is -2.25. The van der Waals surface area contributed by atoms with Crippen molar-refractivity contribution in [2.24, 2.45) is 0 Å². The maximum Gasteiger partial charge on any atom is 0.273 e. The van der Waals surface area contributed by atoms with Crippen LogP contribution in [0.15, 0.2) is 71.5 Å². The van der Waals surface area contributed by atoms with Crippen molar-refractivity contribution in [2.75, 3.05) is 6.54 Å². The summed E-state index contributed by atoms with van der Waals surface area (Å²) in [7, 11) is 0. The van der Waals surface area contributed by atoms with Crippen LogP contribution in [-0.4, -0.2) is 27.2 Å². The van der Waals surface area contributed by atoms with Gasteiger partial charge in [0.05, 0.1) is 17.4 Å². The van der Waals surface area contributed by atoms with Crippen molar-refractivity contribution in [3.05, 3.63) is 72.7 Å². The van der Waals surface area contributed by atoms with Crippen LogP contribution in [0.25, 0.3) is 22.4 Å². The van der Waals surface area contributed by atoms with E-state index in [-0.39, 0.29) is 11.6 Å². The highest BCUT2D eigenvalue weighted by molar-refractivity contribution is 5.93. The summed E-state index contributed by atoms with van der Waals surface area (Å²) in [6, 6.07) is 19.2. The van der Waals surface area contributed by atoms with E-state index in [1.807, 2.05) is 60.9 Å². The van der Waals surface area contributed by atoms with Gasteiger partial charge in [-0.2, -0.15) is 0 Å². The molecule has 0 radical (unpaired) electrons. The van der Waals surface area contributed by atoms with Crippen LogP contribution in [0.3, 0.4) is 0 Å². The molecular formula is C20H18N4O2. The lowest BCUT2D eigenvalue weighted by atomic mass is 10.1. The summed E-state index contributed by atoms with van der Waals surface area (Å²) in [5.74, 6) is 0.354. The van der Waals surface area contributed by atoms with E-state index in [1.165, 1.54) is 0 Å². The van der Waals surface area contributed by atoms with Crippen LogP contribution in [0.2, 0.25) is 0 Å². The Bertz CT molecular complexity index is 1020. The van der Waals surface area contributed by atoms with Gasteiger partial charge in [-0.25, -0.2) is 4.98 Å². The average molecular weight is 346 g/mol. The lowest BCUT2D eigenvalue weighted by molar-refractivity contribution is 0.0944. The van der Waals surface area contributed by atoms with Crippen molar-refractivity contribution in [1.82, 2.24) is 20.0 Å². The van der Waals surface area contributed by atoms with E-state index in [0.29, 0.717) is 12.3 Å². The summed E-state index contributed by atoms with van der Waals surface area (Å²) in [5, 5.41) is 6.74. The zero-order chi connectivity index (χ0) is 17.8. The third-order valence-electron chi connectivity index (χ3n) is 4.19. The number of carbonyl (C=O) groups is 1. The molecule has 2 heterocycles. The number of nitrogens with one attached hydrogen (secondary N) is 1. The molecule has 0 unspecified atom stereocenters. The molecule has 0 bridgehead atoms. The van der Waals surface area contributed by atoms with E-state index < -0.39 is 0 Å². The monoisotopic (exact) mass is 346 g/mol. The van der Waals surface area contributed by atoms with Gasteiger partial charge in [-0.15, -0.1) is 0 Å². The fraction of sp³-hybridized carbons (Fsp3) is 0.150. The third-order valence-corrected chi connectivity index (χ3v) is 4.19. The first-order chi connectivity index (χ1) is 12.8. The van der Waals surface area contributed by atoms with Gasteiger partial charge in [-0.1, -0.05) is 47.6 Å². The first-order valence-corrected chi connectivity index (χ1v) is 8.51. The predicted octanol–water partition coefficient (Wildman–Crippen LogP) is 3.51. The molecule has 0 fully saturated rings. The molecule has 6 heteroatoms. The highest BCUT2D eigenvalue weighted by atomic mass is 16.5. The lowest BCUT2D eigenvalue weighted by Gasteiger charge is -2.05. The summed E-state index contributed by atoms with van der Waals surface area (Å²) >= 11 is 0. The number of nitrogens with zero attached hydrogens (tertiary/aromatic N) is 3. The molecule has 0 saturated carbocycles. The highest BCUT2D eigenvalue weighted by Gasteiger charge is 2.13. The van der Waals surface area contributed by atoms with Gasteiger partial charge in [-0.05, 0) is 18.6 Å². The summed E-state index contributed by atoms with van der Waals surface area (Å²) < 4.78 is 7.35. The van der Waals surface area contributed by atoms with Crippen LogP contribution < -0.4 is 5.32 Å². The summed E-state index contributed by atoms with van der Waals surface area (Å²) in [5.41, 5.74) is 3.26. The van der Waals surface area contributed by atoms with Gasteiger partial charge in [0.2, 0.25) is 0 Å². The zero-order valence-electron chi connectivity index (χ0n) is 14.1. The van der Waals surface area contributed by atoms with Gasteiger partial charge in [0.1, 0.15) is 0 Å². The molecule has 0 saturated heterocycles. The number of rotatable bonds is 6. The van der Waals surface area contributed by atoms with E-state index in [9.17, 15) is 4.79 Å². The smallest absolute Gasteiger partial charge is 0.273 e. The fourth-order valence-electron chi connectivity index (χ4n) is 2.85. The van der Waals surface area contributed by atoms with E-state index in [1.54, 1.807) is 6.07 Å². The van der Waals surface area contributed by atoms with Crippen molar-refractivity contribution < 1.29 is 9.32 Å². The number of para-hydroxylation sites is 2. The van der Waals surface area contributed by atoms with Gasteiger partial charge >= 0.3 is 0 Å². The van der Waals surface area contributed by atoms with Crippen LogP contribution in [0, 0.1) is 0 Å². The zero-order valence-corrected chi connectivity index (χ0v) is 14.1. The molecule has 4 aromatic rings. The van der Waals surface area contributed by atoms with E-state index >= 15 is 0 Å². The van der Waals surface area contributed by atoms with Crippen LogP contribution in [0.5, 0.6) is 0 Å². The second-order valence-electron chi connectivity index (χ2n) is 5.98. The number of aromatic nitrogens is 3. The molecule has 0 aliphatic heterocycles. The van der Waals surface area contributed by atoms with Crippen molar-refractivity contribution >= 4 is 16.9 Å². The number of benzene rings is 2. The molecule has 0 aliphatic rings. The number of hydrogen-bond donors (Lipinski definition) is 1. The molecule has 6 nitrogen and oxygen atoms in total. The Balaban J connectivity index is 1.31. The number of amides is 1. The summed E-state index contributed by atoms with van der Waals surface area (Å²) in [4.78, 5) is 16.6. The SMILES string of the molecule is O=C(NCCCn1cnc2ccccc21)c1cc(-c2ccccc2)on1. The minimum absolute atomic E-state index is 0.230. The maximum atomic E-state index is 12.2. The average Bonchev–Trinajstić information content (AvgIpc) is 3.33. The standard InChI is InChI=1S/C20H18N4O2/c25-20(17-13-19(26-23-17)15-7-2-1-3-8-15)21-11-6-12-24-14-22-16-9-4-5-10-18(16)24/h1-5,7-10,13-14H,6,11-12H2,(H,21,25). The molecule has 4 rings (SSSR count). The van der Waals surface area contributed by atoms with Gasteiger partial charge in [0.15, 0.2) is 11.5 Å². The Labute approximate surface area is 150 Å². The number of imidazole rings is 1. The summed E-state index contributed by atoms with van der Waals surface area (Å²) in [6.07, 6.45) is 2.63. The molecule has 0 aliphatic carbocycles. The Morgan fingerprint density at radius 2 is 1.88 bits per heavy atom. The second-order valence-corrected chi connectivity index (χ2v) is 5.98. The van der Waals surface area contributed by atoms with Crippen LogP contribution >= 0.6 is 0 Å². The van der Waals surface area contributed by atoms with Crippen LogP contribution in [-0.2, 0) is 6.54 Å². The molecule has 0 spiro atoms. The Morgan fingerprint density at radius 1 is 1.08 bits per heavy atom. The largest absolute Gasteiger partial charge is 0.355 e. The van der Waals surface area contributed by atoms with Crippen molar-refractivity contribution in [1.29, 1.82) is 0 Å². The second kappa shape index (κ2) is 7.23. The number of aryl methyl sites for hydroxylation is 1. The van der Waals surface area contributed by atoms with Crippen LogP contribution in [0.4, 0.5) is 0 Å². The number of fused-ring (bicyclic) bond motifs is 1. The molecule has 26 heavy (non-hydrogen) atoms. The molecule has 0 atom stereocenters. The van der Waals surface area contributed by atoms with E-state index in [0.717, 1.165) is 29.6 Å². The minimum Gasteiger partial charge on any atom is -0.355 e. The number of carbonyl (C=O) groups excluding carboxylic acids is 1. The van der Waals surface area contributed by atoms with Gasteiger partial charge in [0.25, 0.3) is 5.91 Å². The Kier molecular flexibility index (Phi) is 4.47. The number of hydrogen-bond acceptors (Lipinski definition) is 4. The van der Waals surface area contributed by atoms with E-state index in [2.05, 4.69) is 20.0 Å². The topological polar surface area (TPSA) is 73.0 Å². The quantitative estimate of drug-likeness (QED) is 0.542.